The molecular formula is C20H23N3O3S2. The van der Waals surface area contributed by atoms with E-state index < -0.39 is 10.0 Å². The minimum Gasteiger partial charge on any atom is -0.268 e. The average molecular weight is 418 g/mol. The SMILES string of the molecule is CC(C)(C)c1ccc(S(=O)(=O)NCCn2nc(-c3cccs3)ccc2=O)cc1. The first-order valence-electron chi connectivity index (χ1n) is 8.89. The van der Waals surface area contributed by atoms with Gasteiger partial charge in [0, 0.05) is 12.6 Å². The highest BCUT2D eigenvalue weighted by atomic mass is 32.2. The number of nitrogens with one attached hydrogen (secondary N) is 1. The third-order valence-corrected chi connectivity index (χ3v) is 6.66. The van der Waals surface area contributed by atoms with Gasteiger partial charge in [0.1, 0.15) is 5.69 Å². The normalized spacial score (nSPS) is 12.2. The van der Waals surface area contributed by atoms with Gasteiger partial charge in [-0.25, -0.2) is 17.8 Å². The lowest BCUT2D eigenvalue weighted by Gasteiger charge is -2.19. The van der Waals surface area contributed by atoms with Gasteiger partial charge < -0.3 is 0 Å². The third-order valence-electron chi connectivity index (χ3n) is 4.29. The molecule has 0 aliphatic carbocycles. The highest BCUT2D eigenvalue weighted by molar-refractivity contribution is 7.89. The first-order valence-corrected chi connectivity index (χ1v) is 11.3. The van der Waals surface area contributed by atoms with Gasteiger partial charge in [0.25, 0.3) is 5.56 Å². The second-order valence-electron chi connectivity index (χ2n) is 7.43. The Bertz CT molecular complexity index is 1090. The van der Waals surface area contributed by atoms with Crippen LogP contribution in [0.4, 0.5) is 0 Å². The van der Waals surface area contributed by atoms with Crippen LogP contribution in [0.15, 0.2) is 63.6 Å². The fraction of sp³-hybridized carbons (Fsp3) is 0.300. The first-order chi connectivity index (χ1) is 13.2. The number of hydrogen-bond acceptors (Lipinski definition) is 5. The number of thiophene rings is 1. The van der Waals surface area contributed by atoms with Crippen molar-refractivity contribution >= 4 is 21.4 Å². The fourth-order valence-electron chi connectivity index (χ4n) is 2.67. The van der Waals surface area contributed by atoms with Gasteiger partial charge >= 0.3 is 0 Å². The van der Waals surface area contributed by atoms with Crippen molar-refractivity contribution in [2.24, 2.45) is 0 Å². The quantitative estimate of drug-likeness (QED) is 0.668. The van der Waals surface area contributed by atoms with Gasteiger partial charge in [-0.05, 0) is 40.6 Å². The van der Waals surface area contributed by atoms with Crippen LogP contribution < -0.4 is 10.3 Å². The molecule has 148 valence electrons. The first kappa shape index (κ1) is 20.4. The molecule has 6 nitrogen and oxygen atoms in total. The summed E-state index contributed by atoms with van der Waals surface area (Å²) >= 11 is 1.53. The van der Waals surface area contributed by atoms with E-state index in [1.54, 1.807) is 18.2 Å². The summed E-state index contributed by atoms with van der Waals surface area (Å²) in [7, 11) is -3.65. The lowest BCUT2D eigenvalue weighted by molar-refractivity contribution is 0.548. The molecule has 0 saturated carbocycles. The average Bonchev–Trinajstić information content (AvgIpc) is 3.17. The molecule has 0 saturated heterocycles. The van der Waals surface area contributed by atoms with E-state index in [-0.39, 0.29) is 29.0 Å². The van der Waals surface area contributed by atoms with Gasteiger partial charge in [-0.15, -0.1) is 11.3 Å². The van der Waals surface area contributed by atoms with Crippen LogP contribution in [-0.4, -0.2) is 24.7 Å². The van der Waals surface area contributed by atoms with E-state index in [1.165, 1.54) is 22.1 Å². The molecule has 0 aliphatic rings. The summed E-state index contributed by atoms with van der Waals surface area (Å²) in [5.41, 5.74) is 1.44. The molecule has 1 N–H and O–H groups in total. The molecule has 2 aromatic heterocycles. The van der Waals surface area contributed by atoms with Gasteiger partial charge in [0.15, 0.2) is 0 Å². The molecule has 0 unspecified atom stereocenters. The predicted molar refractivity (Wildman–Crippen MR) is 112 cm³/mol. The van der Waals surface area contributed by atoms with E-state index in [1.807, 2.05) is 29.6 Å². The van der Waals surface area contributed by atoms with Crippen LogP contribution in [0, 0.1) is 0 Å². The van der Waals surface area contributed by atoms with Crippen molar-refractivity contribution < 1.29 is 8.42 Å². The Morgan fingerprint density at radius 2 is 1.79 bits per heavy atom. The van der Waals surface area contributed by atoms with Crippen molar-refractivity contribution in [2.75, 3.05) is 6.54 Å². The van der Waals surface area contributed by atoms with Crippen LogP contribution in [-0.2, 0) is 22.0 Å². The van der Waals surface area contributed by atoms with Crippen LogP contribution in [0.2, 0.25) is 0 Å². The van der Waals surface area contributed by atoms with E-state index in [0.717, 1.165) is 10.4 Å². The molecule has 0 spiro atoms. The summed E-state index contributed by atoms with van der Waals surface area (Å²) in [6.07, 6.45) is 0. The van der Waals surface area contributed by atoms with E-state index in [9.17, 15) is 13.2 Å². The highest BCUT2D eigenvalue weighted by Gasteiger charge is 2.17. The maximum atomic E-state index is 12.5. The highest BCUT2D eigenvalue weighted by Crippen LogP contribution is 2.23. The summed E-state index contributed by atoms with van der Waals surface area (Å²) in [6.45, 7) is 6.44. The number of rotatable bonds is 6. The van der Waals surface area contributed by atoms with Crippen LogP contribution in [0.5, 0.6) is 0 Å². The second-order valence-corrected chi connectivity index (χ2v) is 10.1. The van der Waals surface area contributed by atoms with Crippen LogP contribution in [0.25, 0.3) is 10.6 Å². The molecule has 28 heavy (non-hydrogen) atoms. The van der Waals surface area contributed by atoms with Crippen molar-refractivity contribution in [3.8, 4) is 10.6 Å². The van der Waals surface area contributed by atoms with Gasteiger partial charge in [0.2, 0.25) is 10.0 Å². The van der Waals surface area contributed by atoms with Crippen molar-refractivity contribution in [3.63, 3.8) is 0 Å². The number of nitrogens with zero attached hydrogens (tertiary/aromatic N) is 2. The lowest BCUT2D eigenvalue weighted by Crippen LogP contribution is -2.32. The zero-order chi connectivity index (χ0) is 20.4. The molecule has 0 fully saturated rings. The molecule has 0 radical (unpaired) electrons. The number of benzene rings is 1. The molecule has 0 aliphatic heterocycles. The van der Waals surface area contributed by atoms with E-state index in [2.05, 4.69) is 30.6 Å². The number of hydrogen-bond donors (Lipinski definition) is 1. The largest absolute Gasteiger partial charge is 0.268 e. The summed E-state index contributed by atoms with van der Waals surface area (Å²) in [5, 5.41) is 6.26. The molecule has 0 atom stereocenters. The number of aromatic nitrogens is 2. The third kappa shape index (κ3) is 4.76. The summed E-state index contributed by atoms with van der Waals surface area (Å²) in [5.74, 6) is 0. The summed E-state index contributed by atoms with van der Waals surface area (Å²) in [6, 6.07) is 13.8. The Balaban J connectivity index is 1.69. The molecule has 0 bridgehead atoms. The maximum absolute atomic E-state index is 12.5. The van der Waals surface area contributed by atoms with Crippen molar-refractivity contribution in [2.45, 2.75) is 37.6 Å². The van der Waals surface area contributed by atoms with Crippen molar-refractivity contribution in [3.05, 3.63) is 69.8 Å². The standard InChI is InChI=1S/C20H23N3O3S2/c1-20(2,3)15-6-8-16(9-7-15)28(25,26)21-12-13-23-19(24)11-10-17(22-23)18-5-4-14-27-18/h4-11,14,21H,12-13H2,1-3H3. The van der Waals surface area contributed by atoms with Crippen LogP contribution in [0.3, 0.4) is 0 Å². The Morgan fingerprint density at radius 1 is 1.07 bits per heavy atom. The molecule has 2 heterocycles. The fourth-order valence-corrected chi connectivity index (χ4v) is 4.38. The molecule has 3 rings (SSSR count). The zero-order valence-corrected chi connectivity index (χ0v) is 17.7. The Labute approximate surface area is 168 Å². The van der Waals surface area contributed by atoms with Crippen molar-refractivity contribution in [1.82, 2.24) is 14.5 Å². The second kappa shape index (κ2) is 7.98. The minimum absolute atomic E-state index is 0.0455. The van der Waals surface area contributed by atoms with E-state index in [0.29, 0.717) is 5.69 Å². The molecule has 1 aromatic carbocycles. The Hall–Kier alpha value is -2.29. The smallest absolute Gasteiger partial charge is 0.266 e. The zero-order valence-electron chi connectivity index (χ0n) is 16.0. The van der Waals surface area contributed by atoms with Gasteiger partial charge in [-0.1, -0.05) is 39.0 Å². The topological polar surface area (TPSA) is 81.1 Å². The Morgan fingerprint density at radius 3 is 2.39 bits per heavy atom. The lowest BCUT2D eigenvalue weighted by atomic mass is 9.87. The number of sulfonamides is 1. The molecule has 0 amide bonds. The van der Waals surface area contributed by atoms with E-state index in [4.69, 9.17) is 0 Å². The van der Waals surface area contributed by atoms with Gasteiger partial charge in [-0.3, -0.25) is 4.79 Å². The van der Waals surface area contributed by atoms with Gasteiger partial charge in [0.05, 0.1) is 16.3 Å². The minimum atomic E-state index is -3.65. The predicted octanol–water partition coefficient (Wildman–Crippen LogP) is 3.25. The summed E-state index contributed by atoms with van der Waals surface area (Å²) < 4.78 is 28.8. The van der Waals surface area contributed by atoms with Gasteiger partial charge in [-0.2, -0.15) is 5.10 Å². The maximum Gasteiger partial charge on any atom is 0.266 e. The molecular weight excluding hydrogens is 394 g/mol. The molecule has 3 aromatic rings. The monoisotopic (exact) mass is 417 g/mol. The van der Waals surface area contributed by atoms with Crippen LogP contribution in [0.1, 0.15) is 26.3 Å². The Kier molecular flexibility index (Phi) is 5.83. The van der Waals surface area contributed by atoms with E-state index >= 15 is 0 Å². The molecule has 8 heteroatoms. The van der Waals surface area contributed by atoms with Crippen LogP contribution >= 0.6 is 11.3 Å². The van der Waals surface area contributed by atoms with Crippen molar-refractivity contribution in [1.29, 1.82) is 0 Å². The summed E-state index contributed by atoms with van der Waals surface area (Å²) in [4.78, 5) is 13.2.